The van der Waals surface area contributed by atoms with E-state index in [4.69, 9.17) is 47.4 Å². The third kappa shape index (κ3) is 13.0. The number of rotatable bonds is 19. The normalized spacial score (nSPS) is 26.5. The number of benzene rings is 4. The van der Waals surface area contributed by atoms with Crippen LogP contribution >= 0.6 is 0 Å². The molecule has 2 fully saturated rings. The first-order valence-corrected chi connectivity index (χ1v) is 19.8. The van der Waals surface area contributed by atoms with Crippen LogP contribution in [0.25, 0.3) is 0 Å². The van der Waals surface area contributed by atoms with Gasteiger partial charge in [-0.05, 0) is 22.3 Å². The number of carbonyl (C=O) groups excluding carboxylic acids is 3. The summed E-state index contributed by atoms with van der Waals surface area (Å²) in [5, 5.41) is 11.1. The van der Waals surface area contributed by atoms with Gasteiger partial charge in [-0.15, -0.1) is 0 Å². The molecule has 2 aliphatic rings. The van der Waals surface area contributed by atoms with Gasteiger partial charge in [0.1, 0.15) is 30.5 Å². The molecule has 14 nitrogen and oxygen atoms in total. The van der Waals surface area contributed by atoms with Crippen LogP contribution in [0.3, 0.4) is 0 Å². The molecule has 0 aromatic heterocycles. The second kappa shape index (κ2) is 22.5. The van der Waals surface area contributed by atoms with Gasteiger partial charge in [-0.3, -0.25) is 14.4 Å². The summed E-state index contributed by atoms with van der Waals surface area (Å²) in [6.45, 7) is 3.97. The minimum atomic E-state index is -1.78. The van der Waals surface area contributed by atoms with Crippen molar-refractivity contribution in [3.63, 3.8) is 0 Å². The van der Waals surface area contributed by atoms with E-state index >= 15 is 0 Å². The highest BCUT2D eigenvalue weighted by Gasteiger charge is 2.53. The van der Waals surface area contributed by atoms with Gasteiger partial charge in [0.25, 0.3) is 0 Å². The lowest BCUT2D eigenvalue weighted by molar-refractivity contribution is -0.343. The van der Waals surface area contributed by atoms with Crippen molar-refractivity contribution in [2.75, 3.05) is 13.2 Å². The van der Waals surface area contributed by atoms with E-state index in [1.807, 2.05) is 121 Å². The van der Waals surface area contributed by atoms with E-state index in [0.29, 0.717) is 6.61 Å². The molecule has 10 atom stereocenters. The number of ether oxygens (including phenoxy) is 10. The summed E-state index contributed by atoms with van der Waals surface area (Å²) in [5.74, 6) is -2.30. The molecule has 6 rings (SSSR count). The number of aliphatic hydroxyl groups excluding tert-OH is 1. The van der Waals surface area contributed by atoms with Gasteiger partial charge in [-0.25, -0.2) is 0 Å². The molecule has 1 N–H and O–H groups in total. The first-order valence-electron chi connectivity index (χ1n) is 19.8. The summed E-state index contributed by atoms with van der Waals surface area (Å²) < 4.78 is 61.9. The van der Waals surface area contributed by atoms with Crippen LogP contribution in [0.1, 0.15) is 43.0 Å². The standard InChI is InChI=1S/C46H52O14/c1-30(47)56-40-38(59-45(50)43(58-32(3)49)42(40)57-31(2)48)29-55-46-44(54-27-36-22-14-7-15-23-36)41(53-26-35-20-12-6-13-21-35)39(52-25-34-18-10-5-11-19-34)37(60-46)28-51-24-33-16-8-4-9-17-33/h4-23,37-46,50H,24-29H2,1-3H3/t37-,38-,39+,40+,41+,42+,43-,44-,45-,46?/m1/s1. The van der Waals surface area contributed by atoms with Gasteiger partial charge in [0.05, 0.1) is 39.6 Å². The molecular formula is C46H52O14. The predicted molar refractivity (Wildman–Crippen MR) is 213 cm³/mol. The molecule has 2 aliphatic heterocycles. The summed E-state index contributed by atoms with van der Waals surface area (Å²) in [5.41, 5.74) is 3.68. The highest BCUT2D eigenvalue weighted by molar-refractivity contribution is 5.68. The molecule has 0 aliphatic carbocycles. The molecule has 0 radical (unpaired) electrons. The Labute approximate surface area is 349 Å². The maximum Gasteiger partial charge on any atom is 0.303 e. The fraction of sp³-hybridized carbons (Fsp3) is 0.413. The van der Waals surface area contributed by atoms with E-state index in [1.165, 1.54) is 0 Å². The minimum absolute atomic E-state index is 0.0676. The molecule has 0 spiro atoms. The van der Waals surface area contributed by atoms with E-state index in [0.717, 1.165) is 43.0 Å². The van der Waals surface area contributed by atoms with E-state index in [2.05, 4.69) is 0 Å². The lowest BCUT2D eigenvalue weighted by atomic mass is 9.97. The summed E-state index contributed by atoms with van der Waals surface area (Å²) >= 11 is 0. The first-order chi connectivity index (χ1) is 29.1. The Morgan fingerprint density at radius 3 is 1.33 bits per heavy atom. The second-order valence-electron chi connectivity index (χ2n) is 14.4. The monoisotopic (exact) mass is 828 g/mol. The van der Waals surface area contributed by atoms with Crippen molar-refractivity contribution in [2.24, 2.45) is 0 Å². The van der Waals surface area contributed by atoms with E-state index in [9.17, 15) is 19.5 Å². The summed E-state index contributed by atoms with van der Waals surface area (Å²) in [6.07, 6.45) is -11.8. The molecule has 14 heteroatoms. The molecular weight excluding hydrogens is 776 g/mol. The molecule has 4 aromatic carbocycles. The van der Waals surface area contributed by atoms with E-state index in [1.54, 1.807) is 0 Å². The number of hydrogen-bond donors (Lipinski definition) is 1. The Morgan fingerprint density at radius 1 is 0.450 bits per heavy atom. The van der Waals surface area contributed by atoms with Crippen molar-refractivity contribution < 1.29 is 66.9 Å². The van der Waals surface area contributed by atoms with Gasteiger partial charge < -0.3 is 52.5 Å². The Balaban J connectivity index is 1.34. The molecule has 60 heavy (non-hydrogen) atoms. The molecule has 2 saturated heterocycles. The summed E-state index contributed by atoms with van der Waals surface area (Å²) in [4.78, 5) is 36.7. The SMILES string of the molecule is CC(=O)O[C@@H]1[C@@H](OC(C)=O)[C@H](O)O[C@H](COC2O[C@H](COCc3ccccc3)[C@H](OCc3ccccc3)[C@H](OCc3ccccc3)[C@H]2OCc2ccccc2)[C@@H]1OC(C)=O. The number of aliphatic hydroxyl groups is 1. The molecule has 2 heterocycles. The fourth-order valence-electron chi connectivity index (χ4n) is 7.08. The molecule has 0 bridgehead atoms. The molecule has 320 valence electrons. The van der Waals surface area contributed by atoms with Crippen LogP contribution in [0, 0.1) is 0 Å². The molecule has 0 saturated carbocycles. The summed E-state index contributed by atoms with van der Waals surface area (Å²) in [6, 6.07) is 38.7. The maximum atomic E-state index is 12.4. The van der Waals surface area contributed by atoms with Crippen LogP contribution in [-0.2, 0) is 88.2 Å². The number of hydrogen-bond acceptors (Lipinski definition) is 14. The predicted octanol–water partition coefficient (Wildman–Crippen LogP) is 5.21. The average molecular weight is 829 g/mol. The van der Waals surface area contributed by atoms with Crippen molar-refractivity contribution in [3.05, 3.63) is 144 Å². The van der Waals surface area contributed by atoms with Crippen molar-refractivity contribution in [3.8, 4) is 0 Å². The van der Waals surface area contributed by atoms with Crippen LogP contribution in [0.4, 0.5) is 0 Å². The van der Waals surface area contributed by atoms with Gasteiger partial charge in [0.2, 0.25) is 0 Å². The largest absolute Gasteiger partial charge is 0.456 e. The Hall–Kier alpha value is -5.03. The van der Waals surface area contributed by atoms with Crippen molar-refractivity contribution in [1.29, 1.82) is 0 Å². The van der Waals surface area contributed by atoms with Crippen molar-refractivity contribution in [2.45, 2.75) is 109 Å². The van der Waals surface area contributed by atoms with Crippen LogP contribution in [0.5, 0.6) is 0 Å². The zero-order valence-electron chi connectivity index (χ0n) is 33.8. The maximum absolute atomic E-state index is 12.4. The van der Waals surface area contributed by atoms with E-state index < -0.39 is 79.3 Å². The van der Waals surface area contributed by atoms with Crippen LogP contribution in [-0.4, -0.2) is 97.6 Å². The van der Waals surface area contributed by atoms with Gasteiger partial charge in [-0.2, -0.15) is 0 Å². The third-order valence-corrected chi connectivity index (χ3v) is 9.78. The zero-order chi connectivity index (χ0) is 42.3. The van der Waals surface area contributed by atoms with Crippen molar-refractivity contribution >= 4 is 17.9 Å². The Kier molecular flexibility index (Phi) is 16.7. The smallest absolute Gasteiger partial charge is 0.303 e. The Bertz CT molecular complexity index is 1900. The Morgan fingerprint density at radius 2 is 0.850 bits per heavy atom. The highest BCUT2D eigenvalue weighted by Crippen LogP contribution is 2.34. The second-order valence-corrected chi connectivity index (χ2v) is 14.4. The van der Waals surface area contributed by atoms with Gasteiger partial charge in [0, 0.05) is 20.8 Å². The number of carbonyl (C=O) groups is 3. The van der Waals surface area contributed by atoms with Gasteiger partial charge in [0.15, 0.2) is 30.9 Å². The quantitative estimate of drug-likeness (QED) is 0.0968. The third-order valence-electron chi connectivity index (χ3n) is 9.78. The van der Waals surface area contributed by atoms with E-state index in [-0.39, 0.29) is 33.0 Å². The lowest BCUT2D eigenvalue weighted by Crippen LogP contribution is -2.64. The topological polar surface area (TPSA) is 164 Å². The fourth-order valence-corrected chi connectivity index (χ4v) is 7.08. The molecule has 4 aromatic rings. The van der Waals surface area contributed by atoms with Crippen molar-refractivity contribution in [1.82, 2.24) is 0 Å². The highest BCUT2D eigenvalue weighted by atomic mass is 16.7. The minimum Gasteiger partial charge on any atom is -0.456 e. The molecule has 0 amide bonds. The van der Waals surface area contributed by atoms with Crippen LogP contribution < -0.4 is 0 Å². The summed E-state index contributed by atoms with van der Waals surface area (Å²) in [7, 11) is 0. The number of esters is 3. The molecule has 1 unspecified atom stereocenters. The zero-order valence-corrected chi connectivity index (χ0v) is 33.8. The van der Waals surface area contributed by atoms with Crippen LogP contribution in [0.2, 0.25) is 0 Å². The van der Waals surface area contributed by atoms with Gasteiger partial charge >= 0.3 is 17.9 Å². The van der Waals surface area contributed by atoms with Crippen LogP contribution in [0.15, 0.2) is 121 Å². The average Bonchev–Trinajstić information content (AvgIpc) is 3.24. The lowest BCUT2D eigenvalue weighted by Gasteiger charge is -2.47. The first kappa shape index (κ1) is 44.5. The van der Waals surface area contributed by atoms with Gasteiger partial charge in [-0.1, -0.05) is 121 Å².